The van der Waals surface area contributed by atoms with Crippen LogP contribution < -0.4 is 0 Å². The molecule has 1 unspecified atom stereocenters. The van der Waals surface area contributed by atoms with E-state index in [9.17, 15) is 14.7 Å². The van der Waals surface area contributed by atoms with Crippen LogP contribution in [0.25, 0.3) is 0 Å². The molecule has 0 aromatic heterocycles. The van der Waals surface area contributed by atoms with E-state index in [4.69, 9.17) is 9.47 Å². The highest BCUT2D eigenvalue weighted by atomic mass is 16.5. The minimum absolute atomic E-state index is 0.0197. The van der Waals surface area contributed by atoms with E-state index >= 15 is 0 Å². The van der Waals surface area contributed by atoms with Crippen molar-refractivity contribution in [2.75, 3.05) is 13.2 Å². The second kappa shape index (κ2) is 11.4. The van der Waals surface area contributed by atoms with E-state index < -0.39 is 11.7 Å². The Labute approximate surface area is 163 Å². The number of rotatable bonds is 9. The van der Waals surface area contributed by atoms with Gasteiger partial charge in [-0.05, 0) is 64.5 Å². The fourth-order valence-electron chi connectivity index (χ4n) is 3.16. The molecule has 0 spiro atoms. The maximum absolute atomic E-state index is 12.2. The van der Waals surface area contributed by atoms with Crippen molar-refractivity contribution in [3.63, 3.8) is 0 Å². The van der Waals surface area contributed by atoms with Crippen LogP contribution in [-0.4, -0.2) is 41.8 Å². The number of aliphatic hydroxyl groups excluding tert-OH is 1. The lowest BCUT2D eigenvalue weighted by atomic mass is 9.87. The van der Waals surface area contributed by atoms with Gasteiger partial charge in [0.05, 0.1) is 18.3 Å². The predicted octanol–water partition coefficient (Wildman–Crippen LogP) is 4.14. The zero-order valence-corrected chi connectivity index (χ0v) is 17.5. The SMILES string of the molecule is CC(=O)OCC=C1CC[C@@H](O)[C@](C)(CCCC(C)C(=O)CC=C(C)C)OC1. The summed E-state index contributed by atoms with van der Waals surface area (Å²) in [5.41, 5.74) is 1.60. The van der Waals surface area contributed by atoms with Gasteiger partial charge in [0.2, 0.25) is 0 Å². The van der Waals surface area contributed by atoms with Crippen LogP contribution >= 0.6 is 0 Å². The minimum atomic E-state index is -0.611. The average Bonchev–Trinajstić information content (AvgIpc) is 2.73. The molecule has 0 radical (unpaired) electrons. The number of esters is 1. The third-order valence-corrected chi connectivity index (χ3v) is 5.26. The van der Waals surface area contributed by atoms with Crippen LogP contribution in [0, 0.1) is 5.92 Å². The normalized spacial score (nSPS) is 25.6. The zero-order valence-electron chi connectivity index (χ0n) is 17.5. The summed E-state index contributed by atoms with van der Waals surface area (Å²) < 4.78 is 11.0. The number of Topliss-reactive ketones (excluding diaryl/α,β-unsaturated/α-hetero) is 1. The molecule has 0 aromatic rings. The van der Waals surface area contributed by atoms with Crippen LogP contribution in [0.1, 0.15) is 73.1 Å². The van der Waals surface area contributed by atoms with Crippen LogP contribution in [0.5, 0.6) is 0 Å². The number of carbonyl (C=O) groups is 2. The van der Waals surface area contributed by atoms with Crippen LogP contribution in [-0.2, 0) is 19.1 Å². The van der Waals surface area contributed by atoms with Crippen molar-refractivity contribution >= 4 is 11.8 Å². The van der Waals surface area contributed by atoms with Crippen molar-refractivity contribution in [1.29, 1.82) is 0 Å². The molecule has 5 nitrogen and oxygen atoms in total. The Hall–Kier alpha value is -1.46. The molecular weight excluding hydrogens is 344 g/mol. The molecular formula is C22H36O5. The lowest BCUT2D eigenvalue weighted by Crippen LogP contribution is -2.41. The average molecular weight is 381 g/mol. The van der Waals surface area contributed by atoms with Crippen molar-refractivity contribution in [2.45, 2.75) is 84.8 Å². The highest BCUT2D eigenvalue weighted by Crippen LogP contribution is 2.31. The third kappa shape index (κ3) is 8.85. The molecule has 3 atom stereocenters. The first-order valence-corrected chi connectivity index (χ1v) is 9.93. The van der Waals surface area contributed by atoms with Crippen molar-refractivity contribution in [3.05, 3.63) is 23.3 Å². The van der Waals surface area contributed by atoms with Gasteiger partial charge in [-0.1, -0.05) is 18.6 Å². The van der Waals surface area contributed by atoms with E-state index in [2.05, 4.69) is 0 Å². The summed E-state index contributed by atoms with van der Waals surface area (Å²) in [6.45, 7) is 9.98. The molecule has 5 heteroatoms. The Morgan fingerprint density at radius 2 is 2.07 bits per heavy atom. The van der Waals surface area contributed by atoms with Crippen LogP contribution in [0.3, 0.4) is 0 Å². The van der Waals surface area contributed by atoms with E-state index in [1.54, 1.807) is 0 Å². The lowest BCUT2D eigenvalue weighted by molar-refractivity contribution is -0.139. The number of hydrogen-bond acceptors (Lipinski definition) is 5. The van der Waals surface area contributed by atoms with Gasteiger partial charge in [0, 0.05) is 19.3 Å². The first-order valence-electron chi connectivity index (χ1n) is 9.93. The number of allylic oxidation sites excluding steroid dienone is 2. The van der Waals surface area contributed by atoms with Crippen molar-refractivity contribution in [3.8, 4) is 0 Å². The van der Waals surface area contributed by atoms with Gasteiger partial charge in [-0.3, -0.25) is 9.59 Å². The van der Waals surface area contributed by atoms with Gasteiger partial charge in [0.25, 0.3) is 0 Å². The summed E-state index contributed by atoms with van der Waals surface area (Å²) in [5, 5.41) is 10.5. The largest absolute Gasteiger partial charge is 0.462 e. The quantitative estimate of drug-likeness (QED) is 0.481. The van der Waals surface area contributed by atoms with Gasteiger partial charge in [0.1, 0.15) is 12.4 Å². The molecule has 0 aliphatic carbocycles. The smallest absolute Gasteiger partial charge is 0.302 e. The van der Waals surface area contributed by atoms with E-state index in [1.165, 1.54) is 6.92 Å². The maximum atomic E-state index is 12.2. The molecule has 27 heavy (non-hydrogen) atoms. The third-order valence-electron chi connectivity index (χ3n) is 5.26. The standard InChI is InChI=1S/C22H36O5/c1-16(2)8-10-20(24)17(3)7-6-13-22(5)21(25)11-9-19(15-27-22)12-14-26-18(4)23/h8,12,17,21,25H,6-7,9-11,13-15H2,1-5H3/t17?,21-,22+/m1/s1. The molecule has 1 saturated heterocycles. The second-order valence-electron chi connectivity index (χ2n) is 8.07. The number of hydrogen-bond donors (Lipinski definition) is 1. The molecule has 1 N–H and O–H groups in total. The molecule has 1 aliphatic heterocycles. The molecule has 154 valence electrons. The number of ether oxygens (including phenoxy) is 2. The Bertz CT molecular complexity index is 559. The Morgan fingerprint density at radius 1 is 1.37 bits per heavy atom. The van der Waals surface area contributed by atoms with Crippen molar-refractivity contribution in [1.82, 2.24) is 0 Å². The van der Waals surface area contributed by atoms with Crippen molar-refractivity contribution < 1.29 is 24.2 Å². The first-order chi connectivity index (χ1) is 12.6. The highest BCUT2D eigenvalue weighted by molar-refractivity contribution is 5.82. The minimum Gasteiger partial charge on any atom is -0.462 e. The topological polar surface area (TPSA) is 72.8 Å². The maximum Gasteiger partial charge on any atom is 0.302 e. The van der Waals surface area contributed by atoms with Crippen LogP contribution in [0.4, 0.5) is 0 Å². The fourth-order valence-corrected chi connectivity index (χ4v) is 3.16. The summed E-state index contributed by atoms with van der Waals surface area (Å²) in [6, 6.07) is 0. The van der Waals surface area contributed by atoms with Gasteiger partial charge >= 0.3 is 5.97 Å². The van der Waals surface area contributed by atoms with Gasteiger partial charge in [-0.2, -0.15) is 0 Å². The van der Waals surface area contributed by atoms with Gasteiger partial charge in [-0.15, -0.1) is 0 Å². The summed E-state index contributed by atoms with van der Waals surface area (Å²) in [5.74, 6) is -0.0230. The number of ketones is 1. The van der Waals surface area contributed by atoms with Gasteiger partial charge < -0.3 is 14.6 Å². The molecule has 0 aromatic carbocycles. The first kappa shape index (κ1) is 23.6. The Balaban J connectivity index is 2.50. The van der Waals surface area contributed by atoms with E-state index in [1.807, 2.05) is 39.8 Å². The van der Waals surface area contributed by atoms with Crippen LogP contribution in [0.15, 0.2) is 23.3 Å². The van der Waals surface area contributed by atoms with E-state index in [-0.39, 0.29) is 24.3 Å². The molecule has 0 amide bonds. The Morgan fingerprint density at radius 3 is 2.70 bits per heavy atom. The van der Waals surface area contributed by atoms with E-state index in [0.717, 1.165) is 30.4 Å². The zero-order chi connectivity index (χ0) is 20.4. The molecule has 1 rings (SSSR count). The number of carbonyl (C=O) groups excluding carboxylic acids is 2. The summed E-state index contributed by atoms with van der Waals surface area (Å²) in [6.07, 6.45) is 7.49. The second-order valence-corrected chi connectivity index (χ2v) is 8.07. The molecule has 1 fully saturated rings. The summed E-state index contributed by atoms with van der Waals surface area (Å²) in [4.78, 5) is 23.0. The Kier molecular flexibility index (Phi) is 9.95. The fraction of sp³-hybridized carbons (Fsp3) is 0.727. The van der Waals surface area contributed by atoms with Gasteiger partial charge in [0.15, 0.2) is 0 Å². The molecule has 1 aliphatic rings. The molecule has 0 saturated carbocycles. The summed E-state index contributed by atoms with van der Waals surface area (Å²) in [7, 11) is 0. The molecule has 1 heterocycles. The summed E-state index contributed by atoms with van der Waals surface area (Å²) >= 11 is 0. The van der Waals surface area contributed by atoms with E-state index in [0.29, 0.717) is 25.9 Å². The van der Waals surface area contributed by atoms with Crippen LogP contribution in [0.2, 0.25) is 0 Å². The lowest BCUT2D eigenvalue weighted by Gasteiger charge is -2.33. The highest BCUT2D eigenvalue weighted by Gasteiger charge is 2.36. The monoisotopic (exact) mass is 380 g/mol. The number of aliphatic hydroxyl groups is 1. The molecule has 0 bridgehead atoms. The van der Waals surface area contributed by atoms with Gasteiger partial charge in [-0.25, -0.2) is 0 Å². The van der Waals surface area contributed by atoms with Crippen molar-refractivity contribution in [2.24, 2.45) is 5.92 Å². The predicted molar refractivity (Wildman–Crippen MR) is 106 cm³/mol.